The molecule has 6 nitrogen and oxygen atoms in total. The van der Waals surface area contributed by atoms with Gasteiger partial charge in [-0.2, -0.15) is 4.98 Å². The lowest BCUT2D eigenvalue weighted by Gasteiger charge is -2.09. The first-order valence-corrected chi connectivity index (χ1v) is 10.2. The number of aromatic amines is 2. The van der Waals surface area contributed by atoms with E-state index in [2.05, 4.69) is 27.9 Å². The van der Waals surface area contributed by atoms with Crippen LogP contribution in [0.4, 0.5) is 0 Å². The van der Waals surface area contributed by atoms with E-state index in [4.69, 9.17) is 11.6 Å². The molecule has 0 unspecified atom stereocenters. The lowest BCUT2D eigenvalue weighted by molar-refractivity contribution is -0.648. The zero-order valence-corrected chi connectivity index (χ0v) is 16.9. The van der Waals surface area contributed by atoms with Crippen LogP contribution < -0.4 is 15.8 Å². The van der Waals surface area contributed by atoms with E-state index in [1.807, 2.05) is 41.0 Å². The molecular weight excluding hydrogens is 388 g/mol. The number of aryl methyl sites for hydroxylation is 3. The summed E-state index contributed by atoms with van der Waals surface area (Å²) in [5.41, 5.74) is 3.72. The Kier molecular flexibility index (Phi) is 5.45. The molecular formula is C22H22ClN4O2+. The van der Waals surface area contributed by atoms with Crippen LogP contribution >= 0.6 is 11.6 Å². The highest BCUT2D eigenvalue weighted by molar-refractivity contribution is 6.30. The Morgan fingerprint density at radius 2 is 1.76 bits per heavy atom. The van der Waals surface area contributed by atoms with Gasteiger partial charge in [-0.05, 0) is 54.7 Å². The van der Waals surface area contributed by atoms with Crippen molar-refractivity contribution >= 4 is 33.8 Å². The van der Waals surface area contributed by atoms with Crippen molar-refractivity contribution in [3.8, 4) is 0 Å². The molecule has 0 aliphatic heterocycles. The number of aromatic nitrogens is 4. The first kappa shape index (κ1) is 19.3. The Hall–Kier alpha value is -2.99. The quantitative estimate of drug-likeness (QED) is 0.378. The predicted octanol–water partition coefficient (Wildman–Crippen LogP) is 3.29. The molecule has 29 heavy (non-hydrogen) atoms. The molecule has 0 spiro atoms. The second-order valence-electron chi connectivity index (χ2n) is 7.17. The van der Waals surface area contributed by atoms with Crippen molar-refractivity contribution in [1.82, 2.24) is 15.0 Å². The maximum atomic E-state index is 12.4. The van der Waals surface area contributed by atoms with Crippen LogP contribution in [0.25, 0.3) is 22.2 Å². The van der Waals surface area contributed by atoms with E-state index >= 15 is 0 Å². The van der Waals surface area contributed by atoms with Crippen LogP contribution in [0, 0.1) is 0 Å². The lowest BCUT2D eigenvalue weighted by atomic mass is 10.1. The number of hydrogen-bond acceptors (Lipinski definition) is 3. The van der Waals surface area contributed by atoms with Crippen molar-refractivity contribution < 1.29 is 4.57 Å². The summed E-state index contributed by atoms with van der Waals surface area (Å²) in [4.78, 5) is 33.8. The highest BCUT2D eigenvalue weighted by Gasteiger charge is 2.18. The highest BCUT2D eigenvalue weighted by atomic mass is 35.5. The van der Waals surface area contributed by atoms with E-state index in [0.29, 0.717) is 17.2 Å². The molecule has 0 saturated carbocycles. The number of hydrogen-bond donors (Lipinski definition) is 2. The van der Waals surface area contributed by atoms with Crippen LogP contribution in [-0.4, -0.2) is 15.0 Å². The fourth-order valence-electron chi connectivity index (χ4n) is 3.66. The summed E-state index contributed by atoms with van der Waals surface area (Å²) in [5.74, 6) is 0. The average molecular weight is 410 g/mol. The Labute approximate surface area is 172 Å². The maximum Gasteiger partial charge on any atom is 0.413 e. The second-order valence-corrected chi connectivity index (χ2v) is 7.61. The van der Waals surface area contributed by atoms with Crippen molar-refractivity contribution in [2.75, 3.05) is 0 Å². The fourth-order valence-corrected chi connectivity index (χ4v) is 3.79. The average Bonchev–Trinajstić information content (AvgIpc) is 2.70. The van der Waals surface area contributed by atoms with E-state index in [1.54, 1.807) is 0 Å². The molecule has 2 N–H and O–H groups in total. The van der Waals surface area contributed by atoms with Gasteiger partial charge in [0.15, 0.2) is 5.52 Å². The van der Waals surface area contributed by atoms with E-state index in [-0.39, 0.29) is 5.52 Å². The normalized spacial score (nSPS) is 11.4. The molecule has 0 atom stereocenters. The Morgan fingerprint density at radius 3 is 2.52 bits per heavy atom. The van der Waals surface area contributed by atoms with Gasteiger partial charge in [-0.15, -0.1) is 0 Å². The lowest BCUT2D eigenvalue weighted by Crippen LogP contribution is -2.40. The third-order valence-electron chi connectivity index (χ3n) is 5.03. The van der Waals surface area contributed by atoms with Crippen molar-refractivity contribution in [2.24, 2.45) is 0 Å². The van der Waals surface area contributed by atoms with Crippen LogP contribution in [0.2, 0.25) is 5.02 Å². The number of halogens is 1. The molecule has 7 heteroatoms. The number of nitrogens with one attached hydrogen (secondary N) is 2. The monoisotopic (exact) mass is 409 g/mol. The Morgan fingerprint density at radius 1 is 1.00 bits per heavy atom. The topological polar surface area (TPSA) is 82.5 Å². The molecule has 0 fully saturated rings. The molecule has 2 aromatic heterocycles. The van der Waals surface area contributed by atoms with Crippen LogP contribution in [0.5, 0.6) is 0 Å². The molecule has 4 rings (SSSR count). The summed E-state index contributed by atoms with van der Waals surface area (Å²) in [6.07, 6.45) is 3.69. The van der Waals surface area contributed by atoms with E-state index in [9.17, 15) is 9.59 Å². The maximum absolute atomic E-state index is 12.4. The predicted molar refractivity (Wildman–Crippen MR) is 114 cm³/mol. The molecule has 0 radical (unpaired) electrons. The van der Waals surface area contributed by atoms with Gasteiger partial charge in [-0.25, -0.2) is 14.3 Å². The number of nitrogens with zero attached hydrogens (tertiary/aromatic N) is 2. The minimum atomic E-state index is -0.530. The molecule has 0 amide bonds. The van der Waals surface area contributed by atoms with Crippen LogP contribution in [0.1, 0.15) is 30.9 Å². The van der Waals surface area contributed by atoms with Gasteiger partial charge >= 0.3 is 11.3 Å². The SMILES string of the molecule is CCCc1ccc2c(c1)nc1c(=O)[nH]c(=O)[nH]c1[n+]2CCCc1ccc(Cl)cc1. The summed E-state index contributed by atoms with van der Waals surface area (Å²) in [5, 5.41) is 0.717. The van der Waals surface area contributed by atoms with Gasteiger partial charge in [0, 0.05) is 5.02 Å². The fraction of sp³-hybridized carbons (Fsp3) is 0.273. The van der Waals surface area contributed by atoms with Crippen molar-refractivity contribution in [1.29, 1.82) is 0 Å². The molecule has 0 aliphatic rings. The summed E-state index contributed by atoms with van der Waals surface area (Å²) < 4.78 is 1.99. The van der Waals surface area contributed by atoms with Crippen LogP contribution in [-0.2, 0) is 19.4 Å². The minimum Gasteiger partial charge on any atom is -0.267 e. The third-order valence-corrected chi connectivity index (χ3v) is 5.28. The number of fused-ring (bicyclic) bond motifs is 2. The second kappa shape index (κ2) is 8.17. The van der Waals surface area contributed by atoms with Gasteiger partial charge in [0.25, 0.3) is 5.56 Å². The standard InChI is InChI=1S/C22H21ClN4O2/c1-2-4-15-8-11-18-17(13-15)24-19-20(25-22(29)26-21(19)28)27(18)12-3-5-14-6-9-16(23)10-7-14/h6-11,13H,2-5,12H2,1H3,(H,26,28,29)/p+1. The van der Waals surface area contributed by atoms with Gasteiger partial charge in [0.05, 0.1) is 6.54 Å². The minimum absolute atomic E-state index is 0.247. The molecule has 0 bridgehead atoms. The summed E-state index contributed by atoms with van der Waals surface area (Å²) >= 11 is 5.96. The van der Waals surface area contributed by atoms with Gasteiger partial charge < -0.3 is 0 Å². The number of H-pyrrole nitrogens is 2. The van der Waals surface area contributed by atoms with Crippen LogP contribution in [0.3, 0.4) is 0 Å². The summed E-state index contributed by atoms with van der Waals surface area (Å²) in [6.45, 7) is 2.77. The zero-order chi connectivity index (χ0) is 20.4. The number of rotatable bonds is 6. The molecule has 2 aromatic carbocycles. The van der Waals surface area contributed by atoms with Gasteiger partial charge in [-0.3, -0.25) is 9.78 Å². The Bertz CT molecular complexity index is 1290. The Balaban J connectivity index is 1.78. The van der Waals surface area contributed by atoms with E-state index < -0.39 is 11.2 Å². The van der Waals surface area contributed by atoms with Gasteiger partial charge in [0.1, 0.15) is 5.52 Å². The van der Waals surface area contributed by atoms with Gasteiger partial charge in [-0.1, -0.05) is 43.1 Å². The molecule has 4 aromatic rings. The molecule has 148 valence electrons. The molecule has 0 aliphatic carbocycles. The first-order valence-electron chi connectivity index (χ1n) is 9.78. The highest BCUT2D eigenvalue weighted by Crippen LogP contribution is 2.15. The summed E-state index contributed by atoms with van der Waals surface area (Å²) in [6, 6.07) is 13.9. The van der Waals surface area contributed by atoms with Gasteiger partial charge in [0.2, 0.25) is 5.52 Å². The van der Waals surface area contributed by atoms with E-state index in [1.165, 1.54) is 11.1 Å². The zero-order valence-electron chi connectivity index (χ0n) is 16.2. The smallest absolute Gasteiger partial charge is 0.267 e. The molecule has 2 heterocycles. The van der Waals surface area contributed by atoms with Crippen molar-refractivity contribution in [3.63, 3.8) is 0 Å². The largest absolute Gasteiger partial charge is 0.413 e. The van der Waals surface area contributed by atoms with Crippen molar-refractivity contribution in [3.05, 3.63) is 79.5 Å². The molecule has 0 saturated heterocycles. The number of benzene rings is 2. The third kappa shape index (κ3) is 4.07. The van der Waals surface area contributed by atoms with Crippen LogP contribution in [0.15, 0.2) is 52.1 Å². The first-order chi connectivity index (χ1) is 14.0. The summed E-state index contributed by atoms with van der Waals surface area (Å²) in [7, 11) is 0. The van der Waals surface area contributed by atoms with E-state index in [0.717, 1.165) is 36.7 Å². The van der Waals surface area contributed by atoms with Crippen molar-refractivity contribution in [2.45, 2.75) is 39.2 Å².